The second kappa shape index (κ2) is 8.03. The summed E-state index contributed by atoms with van der Waals surface area (Å²) in [5.41, 5.74) is 6.76. The normalized spacial score (nSPS) is 20.9. The average Bonchev–Trinajstić information content (AvgIpc) is 3.30. The Kier molecular flexibility index (Phi) is 4.99. The molecular weight excluding hydrogens is 437 g/mol. The predicted molar refractivity (Wildman–Crippen MR) is 128 cm³/mol. The molecule has 1 aliphatic carbocycles. The Morgan fingerprint density at radius 1 is 1.00 bits per heavy atom. The van der Waals surface area contributed by atoms with Crippen molar-refractivity contribution in [3.63, 3.8) is 0 Å². The maximum Gasteiger partial charge on any atom is 0.410 e. The summed E-state index contributed by atoms with van der Waals surface area (Å²) in [6.07, 6.45) is 4.34. The Bertz CT molecular complexity index is 1240. The van der Waals surface area contributed by atoms with Crippen LogP contribution < -0.4 is 0 Å². The topological polar surface area (TPSA) is 29.5 Å². The quantitative estimate of drug-likeness (QED) is 0.420. The van der Waals surface area contributed by atoms with Gasteiger partial charge in [0.05, 0.1) is 11.1 Å². The summed E-state index contributed by atoms with van der Waals surface area (Å²) < 4.78 is 19.9. The highest BCUT2D eigenvalue weighted by atomic mass is 35.5. The summed E-state index contributed by atoms with van der Waals surface area (Å²) in [5.74, 6) is -0.367. The van der Waals surface area contributed by atoms with Crippen LogP contribution in [0.4, 0.5) is 9.18 Å². The number of halogens is 2. The van der Waals surface area contributed by atoms with Gasteiger partial charge < -0.3 is 4.74 Å². The van der Waals surface area contributed by atoms with Gasteiger partial charge in [0.1, 0.15) is 12.4 Å². The highest BCUT2D eigenvalue weighted by molar-refractivity contribution is 6.30. The summed E-state index contributed by atoms with van der Waals surface area (Å²) in [6, 6.07) is 21.7. The minimum atomic E-state index is -0.415. The summed E-state index contributed by atoms with van der Waals surface area (Å²) in [6.45, 7) is 0.321. The maximum absolute atomic E-state index is 14.0. The van der Waals surface area contributed by atoms with Crippen LogP contribution in [0.5, 0.6) is 0 Å². The van der Waals surface area contributed by atoms with E-state index < -0.39 is 5.82 Å². The summed E-state index contributed by atoms with van der Waals surface area (Å²) in [7, 11) is 0. The largest absolute Gasteiger partial charge is 0.448 e. The third kappa shape index (κ3) is 3.44. The molecule has 6 rings (SSSR count). The van der Waals surface area contributed by atoms with Gasteiger partial charge in [-0.25, -0.2) is 9.18 Å². The molecule has 1 amide bonds. The van der Waals surface area contributed by atoms with Crippen molar-refractivity contribution < 1.29 is 13.9 Å². The van der Waals surface area contributed by atoms with Gasteiger partial charge in [-0.3, -0.25) is 4.90 Å². The zero-order chi connectivity index (χ0) is 22.5. The van der Waals surface area contributed by atoms with Crippen LogP contribution in [-0.4, -0.2) is 29.7 Å². The van der Waals surface area contributed by atoms with Crippen molar-refractivity contribution in [2.45, 2.75) is 37.3 Å². The van der Waals surface area contributed by atoms with Crippen LogP contribution in [-0.2, 0) is 4.74 Å². The zero-order valence-electron chi connectivity index (χ0n) is 18.0. The molecular formula is C28H23ClFNO2. The molecule has 0 radical (unpaired) electrons. The Labute approximate surface area is 197 Å². The molecule has 2 aliphatic heterocycles. The Hall–Kier alpha value is -3.11. The van der Waals surface area contributed by atoms with Crippen LogP contribution in [0.25, 0.3) is 16.7 Å². The molecule has 166 valence electrons. The molecule has 2 heterocycles. The minimum absolute atomic E-state index is 0.0202. The molecule has 0 saturated carbocycles. The van der Waals surface area contributed by atoms with E-state index >= 15 is 0 Å². The Morgan fingerprint density at radius 3 is 2.36 bits per heavy atom. The van der Waals surface area contributed by atoms with Crippen molar-refractivity contribution in [3.05, 3.63) is 100 Å². The number of hydrogen-bond donors (Lipinski definition) is 0. The van der Waals surface area contributed by atoms with Crippen molar-refractivity contribution in [2.75, 3.05) is 6.61 Å². The molecule has 5 heteroatoms. The van der Waals surface area contributed by atoms with Crippen molar-refractivity contribution in [3.8, 4) is 11.1 Å². The molecule has 3 aromatic rings. The summed E-state index contributed by atoms with van der Waals surface area (Å²) in [4.78, 5) is 15.1. The van der Waals surface area contributed by atoms with Crippen LogP contribution in [0.1, 0.15) is 41.9 Å². The van der Waals surface area contributed by atoms with E-state index in [1.165, 1.54) is 28.3 Å². The first kappa shape index (κ1) is 20.5. The number of carbonyl (C=O) groups is 1. The first-order valence-electron chi connectivity index (χ1n) is 11.4. The lowest BCUT2D eigenvalue weighted by Gasteiger charge is -2.33. The van der Waals surface area contributed by atoms with Gasteiger partial charge in [0.25, 0.3) is 0 Å². The van der Waals surface area contributed by atoms with Crippen LogP contribution in [0.3, 0.4) is 0 Å². The number of benzene rings is 3. The molecule has 1 fully saturated rings. The average molecular weight is 460 g/mol. The van der Waals surface area contributed by atoms with Crippen LogP contribution in [0, 0.1) is 5.82 Å². The first-order valence-corrected chi connectivity index (χ1v) is 11.8. The second-order valence-corrected chi connectivity index (χ2v) is 9.44. The first-order chi connectivity index (χ1) is 16.1. The third-order valence-corrected chi connectivity index (χ3v) is 7.54. The van der Waals surface area contributed by atoms with E-state index in [0.717, 1.165) is 24.0 Å². The highest BCUT2D eigenvalue weighted by Crippen LogP contribution is 2.45. The molecule has 2 bridgehead atoms. The molecule has 1 saturated heterocycles. The van der Waals surface area contributed by atoms with Gasteiger partial charge in [-0.15, -0.1) is 0 Å². The predicted octanol–water partition coefficient (Wildman–Crippen LogP) is 7.05. The van der Waals surface area contributed by atoms with Crippen molar-refractivity contribution in [2.24, 2.45) is 0 Å². The van der Waals surface area contributed by atoms with E-state index in [-0.39, 0.29) is 29.1 Å². The lowest BCUT2D eigenvalue weighted by atomic mass is 9.95. The van der Waals surface area contributed by atoms with E-state index in [1.807, 2.05) is 35.2 Å². The molecule has 3 nitrogen and oxygen atoms in total. The lowest BCUT2D eigenvalue weighted by Crippen LogP contribution is -2.43. The molecule has 3 aliphatic rings. The lowest BCUT2D eigenvalue weighted by molar-refractivity contribution is 0.0866. The number of carbonyl (C=O) groups excluding carboxylic acids is 1. The monoisotopic (exact) mass is 459 g/mol. The van der Waals surface area contributed by atoms with Gasteiger partial charge in [0, 0.05) is 12.0 Å². The fourth-order valence-electron chi connectivity index (χ4n) is 5.69. The molecule has 2 atom stereocenters. The van der Waals surface area contributed by atoms with Gasteiger partial charge in [-0.1, -0.05) is 72.3 Å². The number of hydrogen-bond acceptors (Lipinski definition) is 2. The standard InChI is InChI=1S/C28H23ClFNO2/c29-26-12-9-17(15-27(26)30)18-13-19-10-11-20(14-18)31(19)28(32)33-16-25-23-7-3-1-5-21(23)22-6-2-4-8-24(22)25/h1-9,12-13,15,19-20,25H,10-11,14,16H2. The number of nitrogens with zero attached hydrogens (tertiary/aromatic N) is 1. The second-order valence-electron chi connectivity index (χ2n) is 9.03. The Balaban J connectivity index is 1.20. The number of rotatable bonds is 3. The van der Waals surface area contributed by atoms with Crippen LogP contribution >= 0.6 is 11.6 Å². The number of ether oxygens (including phenoxy) is 1. The SMILES string of the molecule is O=C(OCC1c2ccccc2-c2ccccc21)N1C2C=C(c3ccc(Cl)c(F)c3)CC1CC2. The van der Waals surface area contributed by atoms with E-state index in [4.69, 9.17) is 16.3 Å². The maximum atomic E-state index is 14.0. The van der Waals surface area contributed by atoms with Crippen molar-refractivity contribution in [1.29, 1.82) is 0 Å². The third-order valence-electron chi connectivity index (χ3n) is 7.23. The van der Waals surface area contributed by atoms with Crippen LogP contribution in [0.2, 0.25) is 5.02 Å². The van der Waals surface area contributed by atoms with Crippen molar-refractivity contribution >= 4 is 23.3 Å². The van der Waals surface area contributed by atoms with Gasteiger partial charge in [-0.05, 0) is 64.8 Å². The molecule has 33 heavy (non-hydrogen) atoms. The Morgan fingerprint density at radius 2 is 1.70 bits per heavy atom. The fourth-order valence-corrected chi connectivity index (χ4v) is 5.81. The van der Waals surface area contributed by atoms with E-state index in [2.05, 4.69) is 30.3 Å². The minimum Gasteiger partial charge on any atom is -0.448 e. The fraction of sp³-hybridized carbons (Fsp3) is 0.250. The zero-order valence-corrected chi connectivity index (χ0v) is 18.8. The van der Waals surface area contributed by atoms with Gasteiger partial charge in [0.15, 0.2) is 0 Å². The van der Waals surface area contributed by atoms with Gasteiger partial charge >= 0.3 is 6.09 Å². The highest BCUT2D eigenvalue weighted by Gasteiger charge is 2.41. The van der Waals surface area contributed by atoms with E-state index in [9.17, 15) is 9.18 Å². The molecule has 0 aromatic heterocycles. The van der Waals surface area contributed by atoms with Gasteiger partial charge in [-0.2, -0.15) is 0 Å². The summed E-state index contributed by atoms with van der Waals surface area (Å²) >= 11 is 5.84. The smallest absolute Gasteiger partial charge is 0.410 e. The van der Waals surface area contributed by atoms with Crippen LogP contribution in [0.15, 0.2) is 72.8 Å². The van der Waals surface area contributed by atoms with Crippen molar-refractivity contribution in [1.82, 2.24) is 4.90 Å². The number of fused-ring (bicyclic) bond motifs is 5. The number of amides is 1. The van der Waals surface area contributed by atoms with E-state index in [1.54, 1.807) is 6.07 Å². The molecule has 2 unspecified atom stereocenters. The van der Waals surface area contributed by atoms with E-state index in [0.29, 0.717) is 13.0 Å². The molecule has 0 N–H and O–H groups in total. The molecule has 3 aromatic carbocycles. The molecule has 0 spiro atoms. The van der Waals surface area contributed by atoms with Gasteiger partial charge in [0.2, 0.25) is 0 Å². The summed E-state index contributed by atoms with van der Waals surface area (Å²) in [5, 5.41) is 0.124.